The lowest BCUT2D eigenvalue weighted by Gasteiger charge is -2.31. The van der Waals surface area contributed by atoms with E-state index >= 15 is 0 Å². The van der Waals surface area contributed by atoms with Crippen LogP contribution in [0.4, 0.5) is 0 Å². The van der Waals surface area contributed by atoms with Crippen molar-refractivity contribution in [3.8, 4) is 0 Å². The summed E-state index contributed by atoms with van der Waals surface area (Å²) in [6.07, 6.45) is 9.30. The summed E-state index contributed by atoms with van der Waals surface area (Å²) in [6.45, 7) is 6.16. The van der Waals surface area contributed by atoms with Crippen LogP contribution in [-0.2, 0) is 12.8 Å². The average molecular weight is 277 g/mol. The van der Waals surface area contributed by atoms with Gasteiger partial charge in [-0.25, -0.2) is 4.98 Å². The summed E-state index contributed by atoms with van der Waals surface area (Å²) in [6, 6.07) is 0.262. The number of hydrogen-bond acceptors (Lipinski definition) is 3. The summed E-state index contributed by atoms with van der Waals surface area (Å²) in [5, 5.41) is 9.48. The van der Waals surface area contributed by atoms with E-state index in [4.69, 9.17) is 4.98 Å². The van der Waals surface area contributed by atoms with Gasteiger partial charge < -0.3 is 14.6 Å². The molecule has 0 radical (unpaired) electrons. The van der Waals surface area contributed by atoms with E-state index in [1.165, 1.54) is 44.0 Å². The van der Waals surface area contributed by atoms with E-state index in [1.54, 1.807) is 0 Å². The maximum absolute atomic E-state index is 9.48. The quantitative estimate of drug-likeness (QED) is 0.915. The number of hydrogen-bond donors (Lipinski definition) is 1. The molecule has 0 bridgehead atoms. The monoisotopic (exact) mass is 277 g/mol. The second-order valence-corrected chi connectivity index (χ2v) is 6.39. The molecule has 112 valence electrons. The van der Waals surface area contributed by atoms with Crippen LogP contribution in [0.15, 0.2) is 6.20 Å². The van der Waals surface area contributed by atoms with Gasteiger partial charge >= 0.3 is 0 Å². The molecule has 2 aliphatic rings. The Bertz CT molecular complexity index is 443. The van der Waals surface area contributed by atoms with Crippen molar-refractivity contribution in [1.29, 1.82) is 0 Å². The van der Waals surface area contributed by atoms with Crippen molar-refractivity contribution in [2.24, 2.45) is 5.92 Å². The zero-order valence-corrected chi connectivity index (χ0v) is 12.6. The van der Waals surface area contributed by atoms with E-state index in [2.05, 4.69) is 22.6 Å². The summed E-state index contributed by atoms with van der Waals surface area (Å²) < 4.78 is 2.24. The van der Waals surface area contributed by atoms with E-state index in [0.29, 0.717) is 0 Å². The highest BCUT2D eigenvalue weighted by molar-refractivity contribution is 5.09. The van der Waals surface area contributed by atoms with Gasteiger partial charge in [0.15, 0.2) is 0 Å². The molecule has 0 spiro atoms. The van der Waals surface area contributed by atoms with E-state index in [-0.39, 0.29) is 12.6 Å². The minimum Gasteiger partial charge on any atom is -0.394 e. The van der Waals surface area contributed by atoms with Crippen molar-refractivity contribution < 1.29 is 5.11 Å². The lowest BCUT2D eigenvalue weighted by Crippen LogP contribution is -2.35. The Morgan fingerprint density at radius 3 is 3.05 bits per heavy atom. The molecule has 0 aliphatic carbocycles. The third-order valence-corrected chi connectivity index (χ3v) is 4.95. The number of likely N-dealkylation sites (tertiary alicyclic amines) is 1. The number of aromatic nitrogens is 2. The first-order valence-electron chi connectivity index (χ1n) is 8.20. The van der Waals surface area contributed by atoms with Gasteiger partial charge in [-0.15, -0.1) is 0 Å². The number of fused-ring (bicyclic) bond motifs is 1. The first-order chi connectivity index (χ1) is 9.80. The van der Waals surface area contributed by atoms with Crippen molar-refractivity contribution in [3.05, 3.63) is 17.7 Å². The molecule has 1 aromatic rings. The molecule has 0 saturated carbocycles. The first kappa shape index (κ1) is 14.1. The Kier molecular flexibility index (Phi) is 4.41. The van der Waals surface area contributed by atoms with Crippen molar-refractivity contribution in [1.82, 2.24) is 14.5 Å². The topological polar surface area (TPSA) is 41.3 Å². The van der Waals surface area contributed by atoms with Crippen LogP contribution in [0.25, 0.3) is 0 Å². The second kappa shape index (κ2) is 6.27. The molecule has 20 heavy (non-hydrogen) atoms. The van der Waals surface area contributed by atoms with Crippen LogP contribution < -0.4 is 0 Å². The predicted octanol–water partition coefficient (Wildman–Crippen LogP) is 2.03. The maximum Gasteiger partial charge on any atom is 0.109 e. The molecule has 1 fully saturated rings. The van der Waals surface area contributed by atoms with Crippen LogP contribution in [0.5, 0.6) is 0 Å². The fourth-order valence-electron chi connectivity index (χ4n) is 3.80. The molecule has 0 aromatic carbocycles. The predicted molar refractivity (Wildman–Crippen MR) is 79.8 cm³/mol. The Morgan fingerprint density at radius 1 is 1.35 bits per heavy atom. The van der Waals surface area contributed by atoms with Crippen LogP contribution in [-0.4, -0.2) is 45.8 Å². The minimum atomic E-state index is 0.246. The summed E-state index contributed by atoms with van der Waals surface area (Å²) >= 11 is 0. The van der Waals surface area contributed by atoms with Gasteiger partial charge in [-0.3, -0.25) is 0 Å². The van der Waals surface area contributed by atoms with Gasteiger partial charge in [-0.05, 0) is 51.1 Å². The molecule has 3 rings (SSSR count). The van der Waals surface area contributed by atoms with Gasteiger partial charge in [-0.2, -0.15) is 0 Å². The van der Waals surface area contributed by atoms with Gasteiger partial charge in [0.2, 0.25) is 0 Å². The highest BCUT2D eigenvalue weighted by Gasteiger charge is 2.24. The van der Waals surface area contributed by atoms with Gasteiger partial charge in [-0.1, -0.05) is 6.92 Å². The number of aliphatic hydroxyl groups is 1. The normalized spacial score (nSPS) is 27.5. The molecule has 2 atom stereocenters. The lowest BCUT2D eigenvalue weighted by molar-refractivity contribution is 0.181. The molecule has 2 unspecified atom stereocenters. The van der Waals surface area contributed by atoms with Crippen LogP contribution in [0.1, 0.15) is 50.2 Å². The number of aryl methyl sites for hydroxylation is 1. The zero-order chi connectivity index (χ0) is 13.9. The third-order valence-electron chi connectivity index (χ3n) is 4.95. The maximum atomic E-state index is 9.48. The van der Waals surface area contributed by atoms with Crippen molar-refractivity contribution in [2.45, 2.75) is 51.5 Å². The van der Waals surface area contributed by atoms with Crippen molar-refractivity contribution in [3.63, 3.8) is 0 Å². The van der Waals surface area contributed by atoms with Crippen LogP contribution in [0.2, 0.25) is 0 Å². The summed E-state index contributed by atoms with van der Waals surface area (Å²) in [5.74, 6) is 1.95. The van der Waals surface area contributed by atoms with E-state index in [0.717, 1.165) is 31.6 Å². The smallest absolute Gasteiger partial charge is 0.109 e. The number of aliphatic hydroxyl groups excluding tert-OH is 1. The zero-order valence-electron chi connectivity index (χ0n) is 12.6. The van der Waals surface area contributed by atoms with Gasteiger partial charge in [0, 0.05) is 19.2 Å². The standard InChI is InChI=1S/C16H27N3O/c1-2-18-8-4-5-13(10-18)9-14-11-19-15(12-20)6-3-7-16(19)17-14/h11,13,15,20H,2-10,12H2,1H3. The molecule has 1 aromatic heterocycles. The van der Waals surface area contributed by atoms with Crippen molar-refractivity contribution in [2.75, 3.05) is 26.2 Å². The average Bonchev–Trinajstić information content (AvgIpc) is 2.89. The number of nitrogens with zero attached hydrogens (tertiary/aromatic N) is 3. The minimum absolute atomic E-state index is 0.246. The Morgan fingerprint density at radius 2 is 2.25 bits per heavy atom. The van der Waals surface area contributed by atoms with Crippen LogP contribution in [0, 0.1) is 5.92 Å². The molecular weight excluding hydrogens is 250 g/mol. The SMILES string of the molecule is CCN1CCCC(Cc2cn3c(n2)CCCC3CO)C1. The van der Waals surface area contributed by atoms with Crippen LogP contribution in [0.3, 0.4) is 0 Å². The largest absolute Gasteiger partial charge is 0.394 e. The molecule has 1 saturated heterocycles. The number of rotatable bonds is 4. The van der Waals surface area contributed by atoms with Crippen LogP contribution >= 0.6 is 0 Å². The molecule has 4 nitrogen and oxygen atoms in total. The fourth-order valence-corrected chi connectivity index (χ4v) is 3.80. The van der Waals surface area contributed by atoms with Gasteiger partial charge in [0.1, 0.15) is 5.82 Å². The molecule has 4 heteroatoms. The lowest BCUT2D eigenvalue weighted by atomic mass is 9.93. The molecule has 2 aliphatic heterocycles. The fraction of sp³-hybridized carbons (Fsp3) is 0.812. The van der Waals surface area contributed by atoms with E-state index in [1.807, 2.05) is 0 Å². The molecule has 1 N–H and O–H groups in total. The highest BCUT2D eigenvalue weighted by Crippen LogP contribution is 2.26. The van der Waals surface area contributed by atoms with Gasteiger partial charge in [0.05, 0.1) is 18.3 Å². The first-order valence-corrected chi connectivity index (χ1v) is 8.20. The second-order valence-electron chi connectivity index (χ2n) is 6.39. The third kappa shape index (κ3) is 2.91. The Hall–Kier alpha value is -0.870. The summed E-state index contributed by atoms with van der Waals surface area (Å²) in [7, 11) is 0. The Labute approximate surface area is 121 Å². The van der Waals surface area contributed by atoms with Crippen molar-refractivity contribution >= 4 is 0 Å². The molecular formula is C16H27N3O. The molecule has 3 heterocycles. The molecule has 0 amide bonds. The number of piperidine rings is 1. The van der Waals surface area contributed by atoms with E-state index in [9.17, 15) is 5.11 Å². The van der Waals surface area contributed by atoms with Gasteiger partial charge in [0.25, 0.3) is 0 Å². The summed E-state index contributed by atoms with van der Waals surface area (Å²) in [5.41, 5.74) is 1.24. The Balaban J connectivity index is 1.67. The van der Waals surface area contributed by atoms with E-state index < -0.39 is 0 Å². The summed E-state index contributed by atoms with van der Waals surface area (Å²) in [4.78, 5) is 7.38. The number of imidazole rings is 1. The highest BCUT2D eigenvalue weighted by atomic mass is 16.3.